The van der Waals surface area contributed by atoms with Crippen molar-refractivity contribution in [2.45, 2.75) is 12.6 Å². The second-order valence-electron chi connectivity index (χ2n) is 8.58. The van der Waals surface area contributed by atoms with Gasteiger partial charge in [0.25, 0.3) is 17.1 Å². The molecule has 3 heterocycles. The lowest BCUT2D eigenvalue weighted by Crippen LogP contribution is -2.43. The number of rotatable bonds is 5. The third kappa shape index (κ3) is 5.26. The maximum Gasteiger partial charge on any atom is 0.416 e. The first-order valence-corrected chi connectivity index (χ1v) is 13.8. The van der Waals surface area contributed by atoms with Crippen molar-refractivity contribution in [2.24, 2.45) is 0 Å². The number of nitrogens with zero attached hydrogens (tertiary/aromatic N) is 3. The van der Waals surface area contributed by atoms with Crippen LogP contribution in [0.1, 0.15) is 16.7 Å². The summed E-state index contributed by atoms with van der Waals surface area (Å²) < 4.78 is 68.3. The zero-order valence-corrected chi connectivity index (χ0v) is 22.0. The first-order valence-electron chi connectivity index (χ1n) is 11.2. The average molecular weight is 600 g/mol. The number of allylic oxidation sites excluding steroid dienone is 1. The van der Waals surface area contributed by atoms with Gasteiger partial charge in [0.1, 0.15) is 6.54 Å². The van der Waals surface area contributed by atoms with Crippen LogP contribution in [0, 0.1) is 0 Å². The van der Waals surface area contributed by atoms with Crippen molar-refractivity contribution in [1.82, 2.24) is 24.1 Å². The van der Waals surface area contributed by atoms with Crippen LogP contribution in [0.15, 0.2) is 47.5 Å². The third-order valence-electron chi connectivity index (χ3n) is 6.12. The van der Waals surface area contributed by atoms with Gasteiger partial charge in [0.05, 0.1) is 28.7 Å². The normalized spacial score (nSPS) is 18.9. The Bertz CT molecular complexity index is 1670. The Hall–Kier alpha value is -3.40. The van der Waals surface area contributed by atoms with Crippen molar-refractivity contribution >= 4 is 67.1 Å². The van der Waals surface area contributed by atoms with Gasteiger partial charge in [-0.1, -0.05) is 23.7 Å². The van der Waals surface area contributed by atoms with Gasteiger partial charge in [-0.05, 0) is 59.1 Å². The third-order valence-corrected chi connectivity index (χ3v) is 8.91. The molecule has 2 N–H and O–H groups in total. The number of amides is 3. The van der Waals surface area contributed by atoms with Gasteiger partial charge >= 0.3 is 16.4 Å². The minimum absolute atomic E-state index is 0.0147. The van der Waals surface area contributed by atoms with E-state index in [9.17, 15) is 36.0 Å². The smallest absolute Gasteiger partial charge is 0.278 e. The molecule has 0 atom stereocenters. The highest BCUT2D eigenvalue weighted by Gasteiger charge is 2.42. The molecule has 16 heteroatoms. The van der Waals surface area contributed by atoms with Crippen LogP contribution in [0.2, 0.25) is 5.02 Å². The summed E-state index contributed by atoms with van der Waals surface area (Å²) in [6, 6.07) is 8.07. The topological polar surface area (TPSA) is 133 Å². The molecule has 0 saturated carbocycles. The van der Waals surface area contributed by atoms with Crippen molar-refractivity contribution in [3.05, 3.63) is 69.2 Å². The second kappa shape index (κ2) is 9.97. The van der Waals surface area contributed by atoms with E-state index >= 15 is 0 Å². The lowest BCUT2D eigenvalue weighted by atomic mass is 9.93. The number of benzene rings is 2. The molecule has 5 rings (SSSR count). The van der Waals surface area contributed by atoms with E-state index in [4.69, 9.17) is 11.6 Å². The number of aromatic amines is 1. The fraction of sp³-hybridized carbons (Fsp3) is 0.217. The van der Waals surface area contributed by atoms with Gasteiger partial charge in [0.2, 0.25) is 0 Å². The van der Waals surface area contributed by atoms with Crippen LogP contribution >= 0.6 is 23.4 Å². The zero-order valence-electron chi connectivity index (χ0n) is 19.6. The van der Waals surface area contributed by atoms with Crippen molar-refractivity contribution in [3.63, 3.8) is 0 Å². The zero-order chi connectivity index (χ0) is 28.1. The van der Waals surface area contributed by atoms with E-state index in [0.717, 1.165) is 6.07 Å². The largest absolute Gasteiger partial charge is 0.416 e. The summed E-state index contributed by atoms with van der Waals surface area (Å²) in [6.07, 6.45) is -3.65. The van der Waals surface area contributed by atoms with E-state index in [1.54, 1.807) is 18.2 Å². The number of thioether (sulfide) groups is 1. The summed E-state index contributed by atoms with van der Waals surface area (Å²) in [7, 11) is -4.07. The molecule has 2 aromatic carbocycles. The Morgan fingerprint density at radius 2 is 1.92 bits per heavy atom. The highest BCUT2D eigenvalue weighted by molar-refractivity contribution is 8.18. The number of H-pyrrole nitrogens is 1. The lowest BCUT2D eigenvalue weighted by molar-refractivity contribution is -0.138. The molecule has 3 amide bonds. The number of halogens is 4. The summed E-state index contributed by atoms with van der Waals surface area (Å²) in [5.41, 5.74) is -0.0844. The van der Waals surface area contributed by atoms with Gasteiger partial charge in [0, 0.05) is 17.0 Å². The molecule has 0 spiro atoms. The quantitative estimate of drug-likeness (QED) is 0.429. The van der Waals surface area contributed by atoms with Gasteiger partial charge in [-0.15, -0.1) is 0 Å². The van der Waals surface area contributed by atoms with Crippen molar-refractivity contribution < 1.29 is 36.0 Å². The number of imide groups is 1. The fourth-order valence-electron chi connectivity index (χ4n) is 4.27. The van der Waals surface area contributed by atoms with Crippen LogP contribution in [0.3, 0.4) is 0 Å². The van der Waals surface area contributed by atoms with E-state index in [2.05, 4.69) is 14.9 Å². The minimum Gasteiger partial charge on any atom is -0.278 e. The minimum atomic E-state index is -4.75. The molecule has 2 aliphatic heterocycles. The van der Waals surface area contributed by atoms with Gasteiger partial charge in [-0.2, -0.15) is 31.4 Å². The van der Waals surface area contributed by atoms with E-state index in [-0.39, 0.29) is 34.2 Å². The standard InChI is InChI=1S/C23H17ClF3N5O5S2/c24-15-3-1-13(17(9-15)23(25,26)27)8-16(12-2-4-18-14(7-12)10-28-30-18)20-21(34)31(22(35)38-20)11-19(33)32-6-5-29-39(32,36)37/h1-4,7,9-10,29H,5-6,8,11H2,(H,28,30). The number of fused-ring (bicyclic) bond motifs is 1. The Morgan fingerprint density at radius 1 is 1.15 bits per heavy atom. The molecule has 2 aliphatic rings. The molecule has 10 nitrogen and oxygen atoms in total. The van der Waals surface area contributed by atoms with Gasteiger partial charge in [-0.25, -0.2) is 4.31 Å². The van der Waals surface area contributed by atoms with Crippen LogP contribution < -0.4 is 4.72 Å². The molecule has 2 fully saturated rings. The molecular weight excluding hydrogens is 583 g/mol. The van der Waals surface area contributed by atoms with Gasteiger partial charge in [0.15, 0.2) is 0 Å². The summed E-state index contributed by atoms with van der Waals surface area (Å²) in [6.45, 7) is -1.03. The molecule has 0 aliphatic carbocycles. The second-order valence-corrected chi connectivity index (χ2v) is 11.7. The number of hydrogen-bond acceptors (Lipinski definition) is 7. The molecule has 204 valence electrons. The Labute approximate surface area is 228 Å². The summed E-state index contributed by atoms with van der Waals surface area (Å²) >= 11 is 6.29. The average Bonchev–Trinajstić information content (AvgIpc) is 3.55. The van der Waals surface area contributed by atoms with E-state index < -0.39 is 52.0 Å². The number of carbonyl (C=O) groups is 3. The summed E-state index contributed by atoms with van der Waals surface area (Å²) in [4.78, 5) is 39.3. The summed E-state index contributed by atoms with van der Waals surface area (Å²) in [5, 5.41) is 6.31. The molecule has 1 aromatic heterocycles. The number of carbonyl (C=O) groups excluding carboxylic acids is 3. The molecule has 3 aromatic rings. The molecule has 0 bridgehead atoms. The molecule has 0 radical (unpaired) electrons. The van der Waals surface area contributed by atoms with Crippen LogP contribution in [0.5, 0.6) is 0 Å². The number of aromatic nitrogens is 2. The van der Waals surface area contributed by atoms with Crippen molar-refractivity contribution in [2.75, 3.05) is 19.6 Å². The van der Waals surface area contributed by atoms with Crippen molar-refractivity contribution in [3.8, 4) is 0 Å². The highest BCUT2D eigenvalue weighted by atomic mass is 35.5. The van der Waals surface area contributed by atoms with E-state index in [1.807, 2.05) is 0 Å². The molecule has 0 unspecified atom stereocenters. The SMILES string of the molecule is O=C1SC(=C(Cc2ccc(Cl)cc2C(F)(F)F)c2ccc3[nH]ncc3c2)C(=O)N1CC(=O)N1CCNS1(=O)=O. The van der Waals surface area contributed by atoms with Crippen LogP contribution in [0.25, 0.3) is 16.5 Å². The highest BCUT2D eigenvalue weighted by Crippen LogP contribution is 2.41. The number of hydrogen-bond donors (Lipinski definition) is 2. The van der Waals surface area contributed by atoms with E-state index in [0.29, 0.717) is 37.4 Å². The summed E-state index contributed by atoms with van der Waals surface area (Å²) in [5.74, 6) is -1.92. The van der Waals surface area contributed by atoms with Crippen LogP contribution in [0.4, 0.5) is 18.0 Å². The molecular formula is C23H17ClF3N5O5S2. The van der Waals surface area contributed by atoms with Crippen LogP contribution in [-0.2, 0) is 32.4 Å². The molecule has 39 heavy (non-hydrogen) atoms. The van der Waals surface area contributed by atoms with E-state index in [1.165, 1.54) is 18.3 Å². The lowest BCUT2D eigenvalue weighted by Gasteiger charge is -2.18. The first kappa shape index (κ1) is 27.2. The van der Waals surface area contributed by atoms with Crippen LogP contribution in [-0.4, -0.2) is 64.5 Å². The fourth-order valence-corrected chi connectivity index (χ4v) is 6.54. The maximum atomic E-state index is 13.9. The number of nitrogens with one attached hydrogen (secondary N) is 2. The maximum absolute atomic E-state index is 13.9. The monoisotopic (exact) mass is 599 g/mol. The first-order chi connectivity index (χ1) is 18.3. The number of alkyl halides is 3. The predicted molar refractivity (Wildman–Crippen MR) is 137 cm³/mol. The van der Waals surface area contributed by atoms with Gasteiger partial charge < -0.3 is 0 Å². The van der Waals surface area contributed by atoms with Crippen molar-refractivity contribution in [1.29, 1.82) is 0 Å². The molecule has 2 saturated heterocycles. The Kier molecular flexibility index (Phi) is 6.95. The Morgan fingerprint density at radius 3 is 2.62 bits per heavy atom. The van der Waals surface area contributed by atoms with Gasteiger partial charge in [-0.3, -0.25) is 24.4 Å². The predicted octanol–water partition coefficient (Wildman–Crippen LogP) is 3.56. The Balaban J connectivity index is 1.57.